The van der Waals surface area contributed by atoms with Gasteiger partial charge < -0.3 is 9.47 Å². The molecule has 4 nitrogen and oxygen atoms in total. The Morgan fingerprint density at radius 1 is 1.08 bits per heavy atom. The summed E-state index contributed by atoms with van der Waals surface area (Å²) in [6, 6.07) is 2.84. The zero-order chi connectivity index (χ0) is 18.1. The number of esters is 2. The minimum absolute atomic E-state index is 0.0185. The summed E-state index contributed by atoms with van der Waals surface area (Å²) in [7, 11) is 0. The molecule has 1 aromatic carbocycles. The molecule has 1 unspecified atom stereocenters. The molecule has 130 valence electrons. The van der Waals surface area contributed by atoms with Crippen LogP contribution in [0.4, 0.5) is 0 Å². The summed E-state index contributed by atoms with van der Waals surface area (Å²) in [6.07, 6.45) is 3.62. The minimum Gasteiger partial charge on any atom is -0.458 e. The third-order valence-corrected chi connectivity index (χ3v) is 3.67. The number of ether oxygens (including phenoxy) is 2. The Morgan fingerprint density at radius 3 is 2.21 bits per heavy atom. The SMILES string of the molecule is C=CCC(C=C)OC(=O)CCCC(=O)Oc1c(Cl)cc(Cl)cc1Cl. The maximum absolute atomic E-state index is 11.8. The number of halogens is 3. The van der Waals surface area contributed by atoms with Crippen LogP contribution in [0.3, 0.4) is 0 Å². The van der Waals surface area contributed by atoms with Crippen molar-refractivity contribution in [3.63, 3.8) is 0 Å². The van der Waals surface area contributed by atoms with Gasteiger partial charge in [-0.2, -0.15) is 0 Å². The molecule has 0 aliphatic rings. The molecule has 0 N–H and O–H groups in total. The number of carbonyl (C=O) groups excluding carboxylic acids is 2. The molecular weight excluding hydrogens is 375 g/mol. The monoisotopic (exact) mass is 390 g/mol. The highest BCUT2D eigenvalue weighted by Crippen LogP contribution is 2.36. The van der Waals surface area contributed by atoms with Crippen LogP contribution >= 0.6 is 34.8 Å². The van der Waals surface area contributed by atoms with E-state index in [1.54, 1.807) is 6.08 Å². The van der Waals surface area contributed by atoms with Crippen molar-refractivity contribution in [1.82, 2.24) is 0 Å². The van der Waals surface area contributed by atoms with Crippen molar-refractivity contribution < 1.29 is 19.1 Å². The van der Waals surface area contributed by atoms with Crippen molar-refractivity contribution in [3.05, 3.63) is 52.5 Å². The molecule has 1 atom stereocenters. The maximum Gasteiger partial charge on any atom is 0.311 e. The van der Waals surface area contributed by atoms with Crippen LogP contribution in [0.15, 0.2) is 37.4 Å². The fourth-order valence-electron chi connectivity index (χ4n) is 1.75. The molecule has 0 aliphatic heterocycles. The van der Waals surface area contributed by atoms with Gasteiger partial charge in [0.05, 0.1) is 10.0 Å². The Labute approximate surface area is 156 Å². The Bertz CT molecular complexity index is 605. The van der Waals surface area contributed by atoms with Gasteiger partial charge in [0.25, 0.3) is 0 Å². The minimum atomic E-state index is -0.555. The Kier molecular flexibility index (Phi) is 8.90. The Hall–Kier alpha value is -1.49. The molecule has 0 bridgehead atoms. The summed E-state index contributed by atoms with van der Waals surface area (Å²) < 4.78 is 10.3. The van der Waals surface area contributed by atoms with Gasteiger partial charge in [-0.3, -0.25) is 9.59 Å². The quantitative estimate of drug-likeness (QED) is 0.321. The summed E-state index contributed by atoms with van der Waals surface area (Å²) in [5.74, 6) is -0.926. The van der Waals surface area contributed by atoms with E-state index in [9.17, 15) is 9.59 Å². The first-order valence-electron chi connectivity index (χ1n) is 7.15. The first kappa shape index (κ1) is 20.6. The number of benzene rings is 1. The topological polar surface area (TPSA) is 52.6 Å². The molecule has 0 aromatic heterocycles. The molecule has 0 fully saturated rings. The molecule has 24 heavy (non-hydrogen) atoms. The smallest absolute Gasteiger partial charge is 0.311 e. The van der Waals surface area contributed by atoms with Gasteiger partial charge in [-0.15, -0.1) is 6.58 Å². The van der Waals surface area contributed by atoms with E-state index in [-0.39, 0.29) is 35.1 Å². The molecular formula is C17H17Cl3O4. The highest BCUT2D eigenvalue weighted by Gasteiger charge is 2.15. The highest BCUT2D eigenvalue weighted by molar-refractivity contribution is 6.40. The van der Waals surface area contributed by atoms with Crippen LogP contribution < -0.4 is 4.74 Å². The molecule has 0 saturated heterocycles. The number of hydrogen-bond donors (Lipinski definition) is 0. The van der Waals surface area contributed by atoms with Gasteiger partial charge in [0.15, 0.2) is 5.75 Å². The second kappa shape index (κ2) is 10.4. The second-order valence-electron chi connectivity index (χ2n) is 4.81. The fraction of sp³-hybridized carbons (Fsp3) is 0.294. The zero-order valence-corrected chi connectivity index (χ0v) is 15.2. The van der Waals surface area contributed by atoms with E-state index < -0.39 is 18.0 Å². The van der Waals surface area contributed by atoms with Crippen LogP contribution in [0.1, 0.15) is 25.7 Å². The predicted octanol–water partition coefficient (Wildman–Crippen LogP) is 5.40. The van der Waals surface area contributed by atoms with Crippen molar-refractivity contribution in [3.8, 4) is 5.75 Å². The Morgan fingerprint density at radius 2 is 1.67 bits per heavy atom. The maximum atomic E-state index is 11.8. The number of rotatable bonds is 9. The van der Waals surface area contributed by atoms with E-state index in [0.717, 1.165) is 0 Å². The average molecular weight is 392 g/mol. The summed E-state index contributed by atoms with van der Waals surface area (Å²) in [5, 5.41) is 0.612. The van der Waals surface area contributed by atoms with Crippen LogP contribution in [0.25, 0.3) is 0 Å². The second-order valence-corrected chi connectivity index (χ2v) is 6.07. The van der Waals surface area contributed by atoms with Gasteiger partial charge in [0, 0.05) is 24.3 Å². The number of carbonyl (C=O) groups is 2. The normalized spacial score (nSPS) is 11.5. The summed E-state index contributed by atoms with van der Waals surface area (Å²) in [6.45, 7) is 7.15. The lowest BCUT2D eigenvalue weighted by Crippen LogP contribution is -2.16. The predicted molar refractivity (Wildman–Crippen MR) is 95.8 cm³/mol. The van der Waals surface area contributed by atoms with Crippen molar-refractivity contribution in [2.75, 3.05) is 0 Å². The third kappa shape index (κ3) is 6.95. The van der Waals surface area contributed by atoms with E-state index in [1.807, 2.05) is 0 Å². The standard InChI is InChI=1S/C17H17Cl3O4/c1-3-6-12(4-2)23-15(21)7-5-8-16(22)24-17-13(19)9-11(18)10-14(17)20/h3-4,9-10,12H,1-2,5-8H2. The van der Waals surface area contributed by atoms with E-state index in [4.69, 9.17) is 44.3 Å². The van der Waals surface area contributed by atoms with E-state index in [2.05, 4.69) is 13.2 Å². The van der Waals surface area contributed by atoms with Crippen LogP contribution in [-0.4, -0.2) is 18.0 Å². The highest BCUT2D eigenvalue weighted by atomic mass is 35.5. The first-order valence-corrected chi connectivity index (χ1v) is 8.29. The molecule has 0 saturated carbocycles. The summed E-state index contributed by atoms with van der Waals surface area (Å²) >= 11 is 17.6. The summed E-state index contributed by atoms with van der Waals surface area (Å²) in [5.41, 5.74) is 0. The largest absolute Gasteiger partial charge is 0.458 e. The lowest BCUT2D eigenvalue weighted by molar-refractivity contribution is -0.147. The van der Waals surface area contributed by atoms with Crippen LogP contribution in [-0.2, 0) is 14.3 Å². The van der Waals surface area contributed by atoms with Crippen molar-refractivity contribution in [1.29, 1.82) is 0 Å². The van der Waals surface area contributed by atoms with Gasteiger partial charge >= 0.3 is 11.9 Å². The van der Waals surface area contributed by atoms with E-state index in [0.29, 0.717) is 11.4 Å². The molecule has 0 heterocycles. The van der Waals surface area contributed by atoms with Crippen LogP contribution in [0, 0.1) is 0 Å². The van der Waals surface area contributed by atoms with Gasteiger partial charge in [-0.25, -0.2) is 0 Å². The molecule has 0 aliphatic carbocycles. The zero-order valence-electron chi connectivity index (χ0n) is 12.9. The average Bonchev–Trinajstić information content (AvgIpc) is 2.50. The molecule has 1 rings (SSSR count). The summed E-state index contributed by atoms with van der Waals surface area (Å²) in [4.78, 5) is 23.5. The Balaban J connectivity index is 2.43. The van der Waals surface area contributed by atoms with Gasteiger partial charge in [-0.05, 0) is 18.6 Å². The lowest BCUT2D eigenvalue weighted by atomic mass is 10.2. The van der Waals surface area contributed by atoms with Crippen LogP contribution in [0.2, 0.25) is 15.1 Å². The van der Waals surface area contributed by atoms with E-state index >= 15 is 0 Å². The number of hydrogen-bond acceptors (Lipinski definition) is 4. The molecule has 0 amide bonds. The van der Waals surface area contributed by atoms with Gasteiger partial charge in [0.1, 0.15) is 6.10 Å². The van der Waals surface area contributed by atoms with Gasteiger partial charge in [0.2, 0.25) is 0 Å². The van der Waals surface area contributed by atoms with E-state index in [1.165, 1.54) is 18.2 Å². The fourth-order valence-corrected chi connectivity index (χ4v) is 2.65. The van der Waals surface area contributed by atoms with Gasteiger partial charge in [-0.1, -0.05) is 53.5 Å². The third-order valence-electron chi connectivity index (χ3n) is 2.89. The lowest BCUT2D eigenvalue weighted by Gasteiger charge is -2.12. The van der Waals surface area contributed by atoms with Crippen molar-refractivity contribution in [2.45, 2.75) is 31.8 Å². The first-order chi connectivity index (χ1) is 11.4. The van der Waals surface area contributed by atoms with Crippen molar-refractivity contribution in [2.24, 2.45) is 0 Å². The molecule has 7 heteroatoms. The molecule has 0 radical (unpaired) electrons. The van der Waals surface area contributed by atoms with Crippen molar-refractivity contribution >= 4 is 46.7 Å². The molecule has 0 spiro atoms. The molecule has 1 aromatic rings. The van der Waals surface area contributed by atoms with Crippen LogP contribution in [0.5, 0.6) is 5.75 Å².